The number of halogens is 1. The number of ether oxygens (including phenoxy) is 3. The van der Waals surface area contributed by atoms with Gasteiger partial charge in [-0.05, 0) is 37.3 Å². The highest BCUT2D eigenvalue weighted by atomic mass is 35.5. The molecule has 0 unspecified atom stereocenters. The molecule has 210 valence electrons. The van der Waals surface area contributed by atoms with Crippen molar-refractivity contribution in [2.45, 2.75) is 17.6 Å². The number of methoxy groups -OCH3 is 2. The Bertz CT molecular complexity index is 1840. The Balaban J connectivity index is 1.75. The molecule has 3 aromatic heterocycles. The minimum Gasteiger partial charge on any atom is -0.494 e. The Kier molecular flexibility index (Phi) is 7.86. The molecule has 0 fully saturated rings. The second-order valence-electron chi connectivity index (χ2n) is 8.63. The minimum atomic E-state index is -3.90. The van der Waals surface area contributed by atoms with Crippen molar-refractivity contribution >= 4 is 39.0 Å². The fourth-order valence-corrected chi connectivity index (χ4v) is 5.77. The molecular weight excluding hydrogens is 570 g/mol. The number of imidazole rings is 1. The smallest absolute Gasteiger partial charge is 0.213 e. The topological polar surface area (TPSA) is 135 Å². The van der Waals surface area contributed by atoms with Crippen molar-refractivity contribution in [3.8, 4) is 34.6 Å². The van der Waals surface area contributed by atoms with E-state index < -0.39 is 15.6 Å². The summed E-state index contributed by atoms with van der Waals surface area (Å²) in [5, 5.41) is -0.121. The number of pyridine rings is 1. The van der Waals surface area contributed by atoms with E-state index in [1.165, 1.54) is 38.5 Å². The van der Waals surface area contributed by atoms with Crippen molar-refractivity contribution in [3.63, 3.8) is 0 Å². The molecule has 41 heavy (non-hydrogen) atoms. The van der Waals surface area contributed by atoms with Crippen LogP contribution in [0.5, 0.6) is 17.4 Å². The summed E-state index contributed by atoms with van der Waals surface area (Å²) in [5.41, 5.74) is 1.61. The van der Waals surface area contributed by atoms with Gasteiger partial charge in [-0.2, -0.15) is 0 Å². The number of fused-ring (bicyclic) bond motifs is 1. The zero-order valence-corrected chi connectivity index (χ0v) is 23.8. The summed E-state index contributed by atoms with van der Waals surface area (Å²) >= 11 is 6.46. The van der Waals surface area contributed by atoms with E-state index in [0.29, 0.717) is 53.0 Å². The van der Waals surface area contributed by atoms with Crippen LogP contribution < -0.4 is 14.2 Å². The van der Waals surface area contributed by atoms with Gasteiger partial charge in [0, 0.05) is 11.6 Å². The van der Waals surface area contributed by atoms with Gasteiger partial charge in [0.15, 0.2) is 32.1 Å². The first-order valence-electron chi connectivity index (χ1n) is 12.3. The zero-order valence-electron chi connectivity index (χ0n) is 22.2. The maximum Gasteiger partial charge on any atom is 0.213 e. The van der Waals surface area contributed by atoms with Gasteiger partial charge < -0.3 is 14.2 Å². The first-order chi connectivity index (χ1) is 19.8. The predicted molar refractivity (Wildman–Crippen MR) is 152 cm³/mol. The lowest BCUT2D eigenvalue weighted by atomic mass is 10.2. The second-order valence-corrected chi connectivity index (χ2v) is 11.0. The largest absolute Gasteiger partial charge is 0.494 e. The number of hydrogen-bond donors (Lipinski definition) is 0. The number of para-hydroxylation sites is 1. The van der Waals surface area contributed by atoms with E-state index in [2.05, 4.69) is 19.9 Å². The Hall–Kier alpha value is -4.55. The van der Waals surface area contributed by atoms with Gasteiger partial charge >= 0.3 is 0 Å². The molecule has 0 aliphatic rings. The van der Waals surface area contributed by atoms with Gasteiger partial charge in [-0.25, -0.2) is 28.4 Å². The highest BCUT2D eigenvalue weighted by molar-refractivity contribution is 7.90. The van der Waals surface area contributed by atoms with Crippen molar-refractivity contribution in [1.29, 1.82) is 0 Å². The molecule has 5 rings (SSSR count). The number of carbonyl (C=O) groups excluding carboxylic acids is 1. The summed E-state index contributed by atoms with van der Waals surface area (Å²) in [7, 11) is -0.870. The number of carbonyl (C=O) groups is 1. The molecule has 5 aromatic rings. The van der Waals surface area contributed by atoms with Crippen LogP contribution in [-0.4, -0.2) is 60.0 Å². The summed E-state index contributed by atoms with van der Waals surface area (Å²) in [5.74, 6) is 1.04. The maximum atomic E-state index is 13.3. The number of benzene rings is 2. The summed E-state index contributed by atoms with van der Waals surface area (Å²) in [6, 6.07) is 16.1. The lowest BCUT2D eigenvalue weighted by Gasteiger charge is -2.16. The fraction of sp³-hybridized carbons (Fsp3) is 0.179. The third-order valence-corrected chi connectivity index (χ3v) is 8.04. The van der Waals surface area contributed by atoms with Gasteiger partial charge in [0.25, 0.3) is 0 Å². The predicted octanol–water partition coefficient (Wildman–Crippen LogP) is 4.73. The maximum absolute atomic E-state index is 13.3. The van der Waals surface area contributed by atoms with Crippen LogP contribution >= 0.6 is 11.6 Å². The second kappa shape index (κ2) is 11.5. The van der Waals surface area contributed by atoms with E-state index in [-0.39, 0.29) is 27.0 Å². The van der Waals surface area contributed by atoms with Gasteiger partial charge in [0.05, 0.1) is 31.4 Å². The molecule has 0 radical (unpaired) electrons. The number of rotatable bonds is 10. The molecule has 11 nitrogen and oxygen atoms in total. The average molecular weight is 594 g/mol. The first-order valence-corrected chi connectivity index (χ1v) is 14.4. The standard InChI is InChI=1S/C28H24ClN5O6S/c1-4-40-23-10-5-7-19(30-23)27-33-26-28(34(27)24-21(38-2)8-6-9-22(24)39-3)31-20(25(29)32-26)16-41(36,37)18-13-11-17(15-35)12-14-18/h5-15H,4,16H2,1-3H3. The monoisotopic (exact) mass is 593 g/mol. The molecule has 0 amide bonds. The van der Waals surface area contributed by atoms with Crippen LogP contribution in [0.15, 0.2) is 65.6 Å². The van der Waals surface area contributed by atoms with Crippen LogP contribution in [0.1, 0.15) is 23.0 Å². The van der Waals surface area contributed by atoms with Crippen LogP contribution in [0.3, 0.4) is 0 Å². The Labute approximate surface area is 240 Å². The molecule has 0 aliphatic carbocycles. The Morgan fingerprint density at radius 3 is 2.22 bits per heavy atom. The number of nitrogens with zero attached hydrogens (tertiary/aromatic N) is 5. The van der Waals surface area contributed by atoms with Crippen molar-refractivity contribution in [3.05, 3.63) is 77.1 Å². The summed E-state index contributed by atoms with van der Waals surface area (Å²) in [6.07, 6.45) is 0.635. The van der Waals surface area contributed by atoms with Gasteiger partial charge in [0.1, 0.15) is 34.9 Å². The van der Waals surface area contributed by atoms with E-state index in [4.69, 9.17) is 25.8 Å². The summed E-state index contributed by atoms with van der Waals surface area (Å²) < 4.78 is 45.1. The van der Waals surface area contributed by atoms with Crippen LogP contribution in [0, 0.1) is 0 Å². The first kappa shape index (κ1) is 28.0. The fourth-order valence-electron chi connectivity index (χ4n) is 4.22. The lowest BCUT2D eigenvalue weighted by Crippen LogP contribution is -2.10. The molecule has 2 aromatic carbocycles. The summed E-state index contributed by atoms with van der Waals surface area (Å²) in [6.45, 7) is 2.27. The van der Waals surface area contributed by atoms with Gasteiger partial charge in [0.2, 0.25) is 5.88 Å². The molecule has 0 bridgehead atoms. The van der Waals surface area contributed by atoms with Gasteiger partial charge in [-0.3, -0.25) is 9.36 Å². The molecule has 13 heteroatoms. The molecule has 0 saturated carbocycles. The van der Waals surface area contributed by atoms with Crippen LogP contribution in [-0.2, 0) is 15.6 Å². The van der Waals surface area contributed by atoms with Crippen molar-refractivity contribution in [2.75, 3.05) is 20.8 Å². The third-order valence-electron chi connectivity index (χ3n) is 6.09. The molecular formula is C28H24ClN5O6S. The normalized spacial score (nSPS) is 11.4. The van der Waals surface area contributed by atoms with E-state index in [9.17, 15) is 13.2 Å². The molecule has 3 heterocycles. The van der Waals surface area contributed by atoms with Crippen molar-refractivity contribution < 1.29 is 27.4 Å². The zero-order chi connectivity index (χ0) is 29.1. The lowest BCUT2D eigenvalue weighted by molar-refractivity contribution is 0.112. The Morgan fingerprint density at radius 2 is 1.59 bits per heavy atom. The molecule has 0 N–H and O–H groups in total. The van der Waals surface area contributed by atoms with Crippen LogP contribution in [0.4, 0.5) is 0 Å². The molecule has 0 aliphatic heterocycles. The van der Waals surface area contributed by atoms with Crippen LogP contribution in [0.2, 0.25) is 5.15 Å². The van der Waals surface area contributed by atoms with Crippen LogP contribution in [0.25, 0.3) is 28.5 Å². The quantitative estimate of drug-likeness (QED) is 0.209. The molecule has 0 spiro atoms. The Morgan fingerprint density at radius 1 is 0.902 bits per heavy atom. The average Bonchev–Trinajstić information content (AvgIpc) is 3.34. The summed E-state index contributed by atoms with van der Waals surface area (Å²) in [4.78, 5) is 29.3. The highest BCUT2D eigenvalue weighted by Gasteiger charge is 2.26. The van der Waals surface area contributed by atoms with Crippen molar-refractivity contribution in [1.82, 2.24) is 24.5 Å². The minimum absolute atomic E-state index is 0.0104. The number of hydrogen-bond acceptors (Lipinski definition) is 10. The number of sulfone groups is 1. The third kappa shape index (κ3) is 5.43. The number of aldehydes is 1. The number of aromatic nitrogens is 5. The molecule has 0 saturated heterocycles. The van der Waals surface area contributed by atoms with Gasteiger partial charge in [-0.1, -0.05) is 35.9 Å². The van der Waals surface area contributed by atoms with E-state index in [1.54, 1.807) is 41.0 Å². The van der Waals surface area contributed by atoms with Gasteiger partial charge in [-0.15, -0.1) is 0 Å². The van der Waals surface area contributed by atoms with Crippen molar-refractivity contribution in [2.24, 2.45) is 0 Å². The van der Waals surface area contributed by atoms with E-state index >= 15 is 0 Å². The van der Waals surface area contributed by atoms with E-state index in [1.807, 2.05) is 6.92 Å². The highest BCUT2D eigenvalue weighted by Crippen LogP contribution is 2.38. The molecule has 0 atom stereocenters. The van der Waals surface area contributed by atoms with E-state index in [0.717, 1.165) is 0 Å². The SMILES string of the molecule is CCOc1cccc(-c2nc3nc(Cl)c(CS(=O)(=O)c4ccc(C=O)cc4)nc3n2-c2c(OC)cccc2OC)n1.